The minimum Gasteiger partial charge on any atom is -0.466 e. The van der Waals surface area contributed by atoms with Crippen molar-refractivity contribution < 1.29 is 32.6 Å². The van der Waals surface area contributed by atoms with E-state index in [-0.39, 0.29) is 23.6 Å². The number of esters is 1. The Morgan fingerprint density at radius 2 is 1.43 bits per heavy atom. The second-order valence-corrected chi connectivity index (χ2v) is 14.7. The quantitative estimate of drug-likeness (QED) is 0.0811. The molecule has 1 aliphatic carbocycles. The summed E-state index contributed by atoms with van der Waals surface area (Å²) in [6, 6.07) is 0. The number of Topliss-reactive ketones (excluding diaryl/α,β-unsaturated/α-hetero) is 1. The van der Waals surface area contributed by atoms with E-state index in [1.807, 2.05) is 20.8 Å². The molecule has 1 saturated carbocycles. The fourth-order valence-electron chi connectivity index (χ4n) is 5.71. The number of hydrogen-bond acceptors (Lipinski definition) is 5. The zero-order chi connectivity index (χ0) is 31.5. The van der Waals surface area contributed by atoms with Crippen molar-refractivity contribution in [3.8, 4) is 0 Å². The third-order valence-corrected chi connectivity index (χ3v) is 11.0. The van der Waals surface area contributed by atoms with Crippen molar-refractivity contribution in [2.45, 2.75) is 180 Å². The van der Waals surface area contributed by atoms with Crippen molar-refractivity contribution in [3.63, 3.8) is 0 Å². The van der Waals surface area contributed by atoms with Gasteiger partial charge in [0.15, 0.2) is 0 Å². The third-order valence-electron chi connectivity index (χ3n) is 9.24. The van der Waals surface area contributed by atoms with E-state index < -0.39 is 23.6 Å². The Labute approximate surface area is 259 Å². The van der Waals surface area contributed by atoms with Crippen molar-refractivity contribution in [2.24, 2.45) is 11.3 Å². The molecule has 1 N–H and O–H groups in total. The van der Waals surface area contributed by atoms with Gasteiger partial charge >= 0.3 is 12.1 Å². The Kier molecular flexibility index (Phi) is 19.7. The summed E-state index contributed by atoms with van der Waals surface area (Å²) in [6.07, 6.45) is 13.4. The van der Waals surface area contributed by atoms with Gasteiger partial charge in [-0.05, 0) is 50.9 Å². The second-order valence-electron chi connectivity index (χ2n) is 13.4. The molecule has 0 aromatic heterocycles. The van der Waals surface area contributed by atoms with Gasteiger partial charge in [-0.2, -0.15) is 24.9 Å². The van der Waals surface area contributed by atoms with Crippen molar-refractivity contribution in [2.75, 3.05) is 12.4 Å². The summed E-state index contributed by atoms with van der Waals surface area (Å²) in [4.78, 5) is 24.6. The highest BCUT2D eigenvalue weighted by atomic mass is 32.2. The summed E-state index contributed by atoms with van der Waals surface area (Å²) in [6.45, 7) is 8.55. The molecule has 0 amide bonds. The van der Waals surface area contributed by atoms with Gasteiger partial charge in [-0.1, -0.05) is 97.8 Å². The van der Waals surface area contributed by atoms with Gasteiger partial charge in [0, 0.05) is 36.2 Å². The van der Waals surface area contributed by atoms with Gasteiger partial charge in [0.05, 0.1) is 12.2 Å². The second kappa shape index (κ2) is 21.1. The molecule has 1 rings (SSSR count). The normalized spacial score (nSPS) is 19.3. The van der Waals surface area contributed by atoms with Crippen LogP contribution in [-0.2, 0) is 14.3 Å². The van der Waals surface area contributed by atoms with Gasteiger partial charge < -0.3 is 9.84 Å². The van der Waals surface area contributed by atoms with Gasteiger partial charge in [-0.15, -0.1) is 0 Å². The number of carbonyl (C=O) groups excluding carboxylic acids is 2. The fourth-order valence-corrected chi connectivity index (χ4v) is 7.44. The molecular weight excluding hydrogens is 561 g/mol. The molecule has 248 valence electrons. The van der Waals surface area contributed by atoms with Crippen LogP contribution < -0.4 is 0 Å². The number of rotatable bonds is 25. The number of aliphatic hydroxyl groups is 1. The smallest absolute Gasteiger partial charge is 0.389 e. The number of carbonyl (C=O) groups is 2. The molecule has 3 atom stereocenters. The summed E-state index contributed by atoms with van der Waals surface area (Å²) in [5.74, 6) is 0.753. The first-order valence-corrected chi connectivity index (χ1v) is 17.9. The van der Waals surface area contributed by atoms with Crippen LogP contribution in [0.15, 0.2) is 0 Å². The first-order valence-electron chi connectivity index (χ1n) is 16.9. The lowest BCUT2D eigenvalue weighted by Gasteiger charge is -2.41. The molecule has 1 fully saturated rings. The predicted molar refractivity (Wildman–Crippen MR) is 169 cm³/mol. The zero-order valence-electron chi connectivity index (χ0n) is 27.1. The van der Waals surface area contributed by atoms with Crippen LogP contribution in [-0.4, -0.2) is 46.2 Å². The highest BCUT2D eigenvalue weighted by Gasteiger charge is 2.41. The van der Waals surface area contributed by atoms with E-state index in [2.05, 4.69) is 6.92 Å². The molecule has 4 nitrogen and oxygen atoms in total. The molecule has 0 spiro atoms. The van der Waals surface area contributed by atoms with Crippen LogP contribution in [0.1, 0.15) is 163 Å². The van der Waals surface area contributed by atoms with E-state index in [1.54, 1.807) is 11.8 Å². The molecule has 0 bridgehead atoms. The lowest BCUT2D eigenvalue weighted by Crippen LogP contribution is -2.44. The maximum absolute atomic E-state index is 12.6. The number of ether oxygens (including phenoxy) is 1. The SMILES string of the molecule is CCCCCCCCCCOC(=O)CCCCCCC1C(=O)CCC1SCC(C)(O)C(C)(C)CCCCCC(F)(F)F. The van der Waals surface area contributed by atoms with Gasteiger partial charge in [-0.3, -0.25) is 9.59 Å². The summed E-state index contributed by atoms with van der Waals surface area (Å²) in [7, 11) is 0. The minimum atomic E-state index is -4.10. The average Bonchev–Trinajstić information content (AvgIpc) is 3.26. The maximum Gasteiger partial charge on any atom is 0.389 e. The highest BCUT2D eigenvalue weighted by molar-refractivity contribution is 8.00. The van der Waals surface area contributed by atoms with Crippen LogP contribution in [0.4, 0.5) is 13.2 Å². The lowest BCUT2D eigenvalue weighted by atomic mass is 9.73. The Bertz CT molecular complexity index is 739. The zero-order valence-corrected chi connectivity index (χ0v) is 27.9. The van der Waals surface area contributed by atoms with Crippen molar-refractivity contribution >= 4 is 23.5 Å². The average molecular weight is 623 g/mol. The predicted octanol–water partition coefficient (Wildman–Crippen LogP) is 10.4. The van der Waals surface area contributed by atoms with E-state index in [0.29, 0.717) is 50.2 Å². The molecule has 0 aliphatic heterocycles. The standard InChI is InChI=1S/C34H61F3O4S/c1-5-6-7-8-9-10-13-19-26-41-31(39)21-16-12-11-15-20-28-29(38)22-23-30(28)42-27-33(4,40)32(2,3)24-17-14-18-25-34(35,36)37/h28,30,40H,5-27H2,1-4H3. The first-order chi connectivity index (χ1) is 19.8. The van der Waals surface area contributed by atoms with Crippen LogP contribution >= 0.6 is 11.8 Å². The number of unbranched alkanes of at least 4 members (excludes halogenated alkanes) is 12. The monoisotopic (exact) mass is 622 g/mol. The summed E-state index contributed by atoms with van der Waals surface area (Å²) < 4.78 is 42.5. The van der Waals surface area contributed by atoms with Crippen LogP contribution in [0.2, 0.25) is 0 Å². The van der Waals surface area contributed by atoms with E-state index in [1.165, 1.54) is 38.5 Å². The van der Waals surface area contributed by atoms with E-state index in [9.17, 15) is 27.9 Å². The molecular formula is C34H61F3O4S. The molecule has 0 saturated heterocycles. The molecule has 1 aliphatic rings. The number of halogens is 3. The lowest BCUT2D eigenvalue weighted by molar-refractivity contribution is -0.144. The molecule has 42 heavy (non-hydrogen) atoms. The maximum atomic E-state index is 12.6. The largest absolute Gasteiger partial charge is 0.466 e. The highest BCUT2D eigenvalue weighted by Crippen LogP contribution is 2.43. The third kappa shape index (κ3) is 17.5. The topological polar surface area (TPSA) is 63.6 Å². The van der Waals surface area contributed by atoms with Crippen molar-refractivity contribution in [1.82, 2.24) is 0 Å². The molecule has 8 heteroatoms. The summed E-state index contributed by atoms with van der Waals surface area (Å²) >= 11 is 1.68. The van der Waals surface area contributed by atoms with Crippen molar-refractivity contribution in [3.05, 3.63) is 0 Å². The molecule has 3 unspecified atom stereocenters. The Morgan fingerprint density at radius 3 is 2.10 bits per heavy atom. The number of hydrogen-bond donors (Lipinski definition) is 1. The Hall–Kier alpha value is -0.760. The van der Waals surface area contributed by atoms with E-state index in [4.69, 9.17) is 4.74 Å². The van der Waals surface area contributed by atoms with Crippen LogP contribution in [0, 0.1) is 11.3 Å². The molecule has 0 aromatic rings. The molecule has 0 radical (unpaired) electrons. The van der Waals surface area contributed by atoms with E-state index in [0.717, 1.165) is 51.4 Å². The van der Waals surface area contributed by atoms with Gasteiger partial charge in [0.2, 0.25) is 0 Å². The van der Waals surface area contributed by atoms with Gasteiger partial charge in [0.25, 0.3) is 0 Å². The number of ketones is 1. The van der Waals surface area contributed by atoms with Crippen LogP contribution in [0.25, 0.3) is 0 Å². The molecule has 0 heterocycles. The van der Waals surface area contributed by atoms with Gasteiger partial charge in [0.1, 0.15) is 5.78 Å². The first kappa shape index (κ1) is 39.3. The van der Waals surface area contributed by atoms with E-state index >= 15 is 0 Å². The van der Waals surface area contributed by atoms with Gasteiger partial charge in [-0.25, -0.2) is 0 Å². The minimum absolute atomic E-state index is 0.0212. The number of thioether (sulfide) groups is 1. The van der Waals surface area contributed by atoms with Crippen molar-refractivity contribution in [1.29, 1.82) is 0 Å². The van der Waals surface area contributed by atoms with Crippen LogP contribution in [0.3, 0.4) is 0 Å². The summed E-state index contributed by atoms with van der Waals surface area (Å²) in [5, 5.41) is 11.5. The Balaban J connectivity index is 2.21. The molecule has 0 aromatic carbocycles. The number of alkyl halides is 3. The van der Waals surface area contributed by atoms with Crippen LogP contribution in [0.5, 0.6) is 0 Å². The fraction of sp³-hybridized carbons (Fsp3) is 0.941. The summed E-state index contributed by atoms with van der Waals surface area (Å²) in [5.41, 5.74) is -1.40. The Morgan fingerprint density at radius 1 is 0.857 bits per heavy atom.